The summed E-state index contributed by atoms with van der Waals surface area (Å²) in [6.07, 6.45) is 1.95. The van der Waals surface area contributed by atoms with Crippen LogP contribution in [0.1, 0.15) is 34.3 Å². The number of carbonyl (C=O) groups is 1. The number of amides is 1. The highest BCUT2D eigenvalue weighted by Crippen LogP contribution is 2.33. The number of fused-ring (bicyclic) bond motifs is 2. The fraction of sp³-hybridized carbons (Fsp3) is 0.273. The molecule has 1 fully saturated rings. The second-order valence-corrected chi connectivity index (χ2v) is 8.50. The minimum Gasteiger partial charge on any atom is -0.337 e. The molecule has 0 bridgehead atoms. The van der Waals surface area contributed by atoms with Crippen LogP contribution in [0.4, 0.5) is 0 Å². The van der Waals surface area contributed by atoms with Crippen LogP contribution in [0, 0.1) is 0 Å². The van der Waals surface area contributed by atoms with Crippen molar-refractivity contribution in [1.82, 2.24) is 19.7 Å². The Kier molecular flexibility index (Phi) is 4.39. The van der Waals surface area contributed by atoms with Crippen molar-refractivity contribution in [3.05, 3.63) is 69.6 Å². The zero-order valence-electron chi connectivity index (χ0n) is 16.0. The van der Waals surface area contributed by atoms with Gasteiger partial charge in [-0.25, -0.2) is 9.67 Å². The van der Waals surface area contributed by atoms with E-state index in [9.17, 15) is 9.59 Å². The molecule has 1 atom stereocenters. The minimum atomic E-state index is -0.192. The summed E-state index contributed by atoms with van der Waals surface area (Å²) in [6.45, 7) is 1.32. The Labute approximate surface area is 171 Å². The first kappa shape index (κ1) is 18.0. The van der Waals surface area contributed by atoms with Crippen molar-refractivity contribution in [2.75, 3.05) is 13.1 Å². The molecular weight excluding hydrogens is 384 g/mol. The molecule has 1 saturated heterocycles. The molecule has 1 aliphatic heterocycles. The van der Waals surface area contributed by atoms with Crippen LogP contribution in [0.3, 0.4) is 0 Å². The lowest BCUT2D eigenvalue weighted by Gasteiger charge is -2.31. The van der Waals surface area contributed by atoms with Gasteiger partial charge in [-0.2, -0.15) is 5.10 Å². The first-order valence-electron chi connectivity index (χ1n) is 9.72. The molecule has 7 heteroatoms. The Morgan fingerprint density at radius 3 is 2.69 bits per heavy atom. The Bertz CT molecular complexity index is 1260. The SMILES string of the molecule is Cn1nc(C(=O)N2CCC[C@H](c3nc4ccccc4s3)C2)c2ccccc2c1=O. The van der Waals surface area contributed by atoms with Crippen molar-refractivity contribution < 1.29 is 4.79 Å². The molecule has 0 aliphatic carbocycles. The molecule has 1 aliphatic rings. The van der Waals surface area contributed by atoms with E-state index in [1.807, 2.05) is 35.2 Å². The van der Waals surface area contributed by atoms with Crippen LogP contribution < -0.4 is 5.56 Å². The normalized spacial score (nSPS) is 17.1. The molecule has 0 saturated carbocycles. The number of aromatic nitrogens is 3. The molecule has 5 rings (SSSR count). The highest BCUT2D eigenvalue weighted by molar-refractivity contribution is 7.18. The van der Waals surface area contributed by atoms with E-state index in [-0.39, 0.29) is 17.4 Å². The average Bonchev–Trinajstić information content (AvgIpc) is 3.20. The number of likely N-dealkylation sites (tertiary alicyclic amines) is 1. The first-order chi connectivity index (χ1) is 14.1. The molecule has 2 aromatic carbocycles. The Morgan fingerprint density at radius 1 is 1.10 bits per heavy atom. The van der Waals surface area contributed by atoms with Crippen molar-refractivity contribution in [3.8, 4) is 0 Å². The molecule has 0 radical (unpaired) electrons. The number of thiazole rings is 1. The number of aryl methyl sites for hydroxylation is 1. The lowest BCUT2D eigenvalue weighted by Crippen LogP contribution is -2.40. The smallest absolute Gasteiger partial charge is 0.274 e. The Hall–Kier alpha value is -3.06. The van der Waals surface area contributed by atoms with Crippen LogP contribution in [0.2, 0.25) is 0 Å². The topological polar surface area (TPSA) is 68.1 Å². The standard InChI is InChI=1S/C22H20N4O2S/c1-25-21(27)16-9-3-2-8-15(16)19(24-25)22(28)26-12-6-7-14(13-26)20-23-17-10-4-5-11-18(17)29-20/h2-5,8-11,14H,6-7,12-13H2,1H3/t14-/m0/s1. The van der Waals surface area contributed by atoms with E-state index in [0.717, 1.165) is 23.4 Å². The van der Waals surface area contributed by atoms with Crippen LogP contribution in [-0.2, 0) is 7.05 Å². The monoisotopic (exact) mass is 404 g/mol. The highest BCUT2D eigenvalue weighted by Gasteiger charge is 2.29. The summed E-state index contributed by atoms with van der Waals surface area (Å²) in [4.78, 5) is 32.4. The summed E-state index contributed by atoms with van der Waals surface area (Å²) in [6, 6.07) is 15.3. The van der Waals surface area contributed by atoms with Crippen LogP contribution in [0.15, 0.2) is 53.3 Å². The van der Waals surface area contributed by atoms with Crippen LogP contribution in [-0.4, -0.2) is 38.7 Å². The Morgan fingerprint density at radius 2 is 1.86 bits per heavy atom. The number of hydrogen-bond acceptors (Lipinski definition) is 5. The first-order valence-corrected chi connectivity index (χ1v) is 10.5. The van der Waals surface area contributed by atoms with E-state index in [2.05, 4.69) is 11.2 Å². The Balaban J connectivity index is 1.48. The minimum absolute atomic E-state index is 0.123. The van der Waals surface area contributed by atoms with E-state index >= 15 is 0 Å². The molecule has 6 nitrogen and oxygen atoms in total. The maximum atomic E-state index is 13.4. The van der Waals surface area contributed by atoms with Gasteiger partial charge in [0.2, 0.25) is 0 Å². The molecule has 146 valence electrons. The third-order valence-corrected chi connectivity index (χ3v) is 6.73. The van der Waals surface area contributed by atoms with Gasteiger partial charge in [-0.15, -0.1) is 11.3 Å². The summed E-state index contributed by atoms with van der Waals surface area (Å²) in [5.74, 6) is 0.103. The van der Waals surface area contributed by atoms with E-state index in [4.69, 9.17) is 4.98 Å². The molecular formula is C22H20N4O2S. The quantitative estimate of drug-likeness (QED) is 0.512. The van der Waals surface area contributed by atoms with Gasteiger partial charge in [0.05, 0.1) is 20.6 Å². The number of hydrogen-bond donors (Lipinski definition) is 0. The number of nitrogens with zero attached hydrogens (tertiary/aromatic N) is 4. The van der Waals surface area contributed by atoms with Crippen molar-refractivity contribution in [2.45, 2.75) is 18.8 Å². The summed E-state index contributed by atoms with van der Waals surface area (Å²) < 4.78 is 2.43. The molecule has 0 unspecified atom stereocenters. The molecule has 4 aromatic rings. The number of piperidine rings is 1. The van der Waals surface area contributed by atoms with E-state index < -0.39 is 0 Å². The number of para-hydroxylation sites is 1. The van der Waals surface area contributed by atoms with Gasteiger partial charge in [-0.05, 0) is 31.0 Å². The average molecular weight is 404 g/mol. The third-order valence-electron chi connectivity index (χ3n) is 5.53. The zero-order chi connectivity index (χ0) is 20.0. The predicted molar refractivity (Wildman–Crippen MR) is 114 cm³/mol. The van der Waals surface area contributed by atoms with Gasteiger partial charge in [0.1, 0.15) is 0 Å². The summed E-state index contributed by atoms with van der Waals surface area (Å²) in [7, 11) is 1.59. The van der Waals surface area contributed by atoms with Gasteiger partial charge in [0.15, 0.2) is 5.69 Å². The van der Waals surface area contributed by atoms with E-state index in [1.165, 1.54) is 9.38 Å². The fourth-order valence-electron chi connectivity index (χ4n) is 4.04. The lowest BCUT2D eigenvalue weighted by atomic mass is 9.98. The molecule has 1 amide bonds. The number of rotatable bonds is 2. The molecule has 2 aromatic heterocycles. The lowest BCUT2D eigenvalue weighted by molar-refractivity contribution is 0.0701. The molecule has 0 N–H and O–H groups in total. The van der Waals surface area contributed by atoms with Gasteiger partial charge >= 0.3 is 0 Å². The summed E-state index contributed by atoms with van der Waals surface area (Å²) in [5.41, 5.74) is 1.16. The van der Waals surface area contributed by atoms with Crippen molar-refractivity contribution >= 4 is 38.2 Å². The highest BCUT2D eigenvalue weighted by atomic mass is 32.1. The van der Waals surface area contributed by atoms with Gasteiger partial charge in [0.25, 0.3) is 11.5 Å². The summed E-state index contributed by atoms with van der Waals surface area (Å²) in [5, 5.41) is 6.53. The maximum absolute atomic E-state index is 13.4. The van der Waals surface area contributed by atoms with Crippen LogP contribution in [0.25, 0.3) is 21.0 Å². The third kappa shape index (κ3) is 3.11. The molecule has 0 spiro atoms. The predicted octanol–water partition coefficient (Wildman–Crippen LogP) is 3.56. The van der Waals surface area contributed by atoms with E-state index in [1.54, 1.807) is 30.5 Å². The van der Waals surface area contributed by atoms with Crippen molar-refractivity contribution in [1.29, 1.82) is 0 Å². The second-order valence-electron chi connectivity index (χ2n) is 7.43. The summed E-state index contributed by atoms with van der Waals surface area (Å²) >= 11 is 1.71. The van der Waals surface area contributed by atoms with Gasteiger partial charge < -0.3 is 4.90 Å². The maximum Gasteiger partial charge on any atom is 0.274 e. The number of carbonyl (C=O) groups excluding carboxylic acids is 1. The number of benzene rings is 2. The molecule has 29 heavy (non-hydrogen) atoms. The van der Waals surface area contributed by atoms with Gasteiger partial charge in [-0.3, -0.25) is 9.59 Å². The van der Waals surface area contributed by atoms with Crippen LogP contribution >= 0.6 is 11.3 Å². The fourth-order valence-corrected chi connectivity index (χ4v) is 5.13. The van der Waals surface area contributed by atoms with Gasteiger partial charge in [0, 0.05) is 31.4 Å². The van der Waals surface area contributed by atoms with E-state index in [0.29, 0.717) is 29.6 Å². The second kappa shape index (κ2) is 7.08. The van der Waals surface area contributed by atoms with Crippen LogP contribution in [0.5, 0.6) is 0 Å². The van der Waals surface area contributed by atoms with Gasteiger partial charge in [-0.1, -0.05) is 30.3 Å². The molecule has 3 heterocycles. The largest absolute Gasteiger partial charge is 0.337 e. The zero-order valence-corrected chi connectivity index (χ0v) is 16.9. The van der Waals surface area contributed by atoms with Crippen molar-refractivity contribution in [2.24, 2.45) is 7.05 Å². The van der Waals surface area contributed by atoms with Crippen molar-refractivity contribution in [3.63, 3.8) is 0 Å².